The fraction of sp³-hybridized carbons (Fsp3) is 0.417. The topological polar surface area (TPSA) is 77.8 Å². The summed E-state index contributed by atoms with van der Waals surface area (Å²) >= 11 is 3.41. The molecule has 0 spiro atoms. The van der Waals surface area contributed by atoms with E-state index in [0.717, 1.165) is 17.3 Å². The lowest BCUT2D eigenvalue weighted by Gasteiger charge is -2.21. The number of hydrogen-bond donors (Lipinski definition) is 1. The van der Waals surface area contributed by atoms with E-state index in [-0.39, 0.29) is 0 Å². The molecule has 0 aliphatic carbocycles. The SMILES string of the molecule is CCC(N)(CC)c1noc(-c2ncccc2Br)n1. The first-order valence-corrected chi connectivity index (χ1v) is 6.64. The Morgan fingerprint density at radius 3 is 2.72 bits per heavy atom. The van der Waals surface area contributed by atoms with E-state index in [1.165, 1.54) is 0 Å². The largest absolute Gasteiger partial charge is 0.332 e. The van der Waals surface area contributed by atoms with Crippen molar-refractivity contribution in [2.24, 2.45) is 5.73 Å². The first-order chi connectivity index (χ1) is 8.60. The molecular formula is C12H15BrN4O. The minimum atomic E-state index is -0.539. The van der Waals surface area contributed by atoms with Gasteiger partial charge in [-0.2, -0.15) is 4.98 Å². The zero-order valence-electron chi connectivity index (χ0n) is 10.4. The van der Waals surface area contributed by atoms with Crippen LogP contribution in [0.2, 0.25) is 0 Å². The van der Waals surface area contributed by atoms with Crippen molar-refractivity contribution in [3.8, 4) is 11.6 Å². The van der Waals surface area contributed by atoms with Crippen LogP contribution >= 0.6 is 15.9 Å². The van der Waals surface area contributed by atoms with Gasteiger partial charge in [0, 0.05) is 10.7 Å². The van der Waals surface area contributed by atoms with Crippen molar-refractivity contribution < 1.29 is 4.52 Å². The molecule has 0 amide bonds. The summed E-state index contributed by atoms with van der Waals surface area (Å²) in [5.41, 5.74) is 6.32. The Labute approximate surface area is 114 Å². The van der Waals surface area contributed by atoms with Gasteiger partial charge in [0.1, 0.15) is 5.69 Å². The molecule has 0 saturated heterocycles. The van der Waals surface area contributed by atoms with Gasteiger partial charge in [-0.15, -0.1) is 0 Å². The van der Waals surface area contributed by atoms with E-state index >= 15 is 0 Å². The highest BCUT2D eigenvalue weighted by molar-refractivity contribution is 9.10. The predicted octanol–water partition coefficient (Wildman–Crippen LogP) is 2.87. The van der Waals surface area contributed by atoms with Gasteiger partial charge in [-0.3, -0.25) is 0 Å². The zero-order valence-corrected chi connectivity index (χ0v) is 11.9. The van der Waals surface area contributed by atoms with Gasteiger partial charge in [-0.25, -0.2) is 4.98 Å². The first kappa shape index (κ1) is 13.2. The molecule has 0 fully saturated rings. The van der Waals surface area contributed by atoms with Gasteiger partial charge in [0.05, 0.1) is 5.54 Å². The Hall–Kier alpha value is -1.27. The number of aromatic nitrogens is 3. The van der Waals surface area contributed by atoms with Gasteiger partial charge in [-0.05, 0) is 40.9 Å². The monoisotopic (exact) mass is 310 g/mol. The van der Waals surface area contributed by atoms with Crippen LogP contribution in [0.15, 0.2) is 27.3 Å². The van der Waals surface area contributed by atoms with Crippen LogP contribution in [-0.4, -0.2) is 15.1 Å². The molecule has 0 bridgehead atoms. The van der Waals surface area contributed by atoms with Crippen molar-refractivity contribution in [3.05, 3.63) is 28.6 Å². The molecule has 0 aromatic carbocycles. The minimum absolute atomic E-state index is 0.384. The van der Waals surface area contributed by atoms with Crippen LogP contribution in [0.3, 0.4) is 0 Å². The molecule has 96 valence electrons. The number of pyridine rings is 1. The molecule has 2 N–H and O–H groups in total. The third-order valence-corrected chi connectivity index (χ3v) is 3.73. The van der Waals surface area contributed by atoms with E-state index in [1.807, 2.05) is 26.0 Å². The number of nitrogens with zero attached hydrogens (tertiary/aromatic N) is 3. The maximum absolute atomic E-state index is 6.23. The van der Waals surface area contributed by atoms with Gasteiger partial charge >= 0.3 is 0 Å². The predicted molar refractivity (Wildman–Crippen MR) is 71.7 cm³/mol. The maximum Gasteiger partial charge on any atom is 0.277 e. The van der Waals surface area contributed by atoms with Crippen molar-refractivity contribution in [2.45, 2.75) is 32.2 Å². The Morgan fingerprint density at radius 1 is 1.39 bits per heavy atom. The molecule has 0 atom stereocenters. The van der Waals surface area contributed by atoms with Crippen molar-refractivity contribution >= 4 is 15.9 Å². The smallest absolute Gasteiger partial charge is 0.277 e. The number of rotatable bonds is 4. The van der Waals surface area contributed by atoms with E-state index in [9.17, 15) is 0 Å². The number of hydrogen-bond acceptors (Lipinski definition) is 5. The van der Waals surface area contributed by atoms with E-state index in [4.69, 9.17) is 10.3 Å². The second kappa shape index (κ2) is 5.16. The summed E-state index contributed by atoms with van der Waals surface area (Å²) in [5, 5.41) is 3.98. The van der Waals surface area contributed by atoms with Crippen LogP contribution in [-0.2, 0) is 5.54 Å². The van der Waals surface area contributed by atoms with E-state index in [0.29, 0.717) is 17.4 Å². The summed E-state index contributed by atoms with van der Waals surface area (Å²) in [6.45, 7) is 4.02. The van der Waals surface area contributed by atoms with Crippen molar-refractivity contribution in [3.63, 3.8) is 0 Å². The van der Waals surface area contributed by atoms with Gasteiger partial charge in [0.25, 0.3) is 5.89 Å². The molecule has 5 nitrogen and oxygen atoms in total. The van der Waals surface area contributed by atoms with Gasteiger partial charge in [-0.1, -0.05) is 19.0 Å². The van der Waals surface area contributed by atoms with Crippen molar-refractivity contribution in [1.29, 1.82) is 0 Å². The zero-order chi connectivity index (χ0) is 13.2. The van der Waals surface area contributed by atoms with Crippen LogP contribution in [0.5, 0.6) is 0 Å². The van der Waals surface area contributed by atoms with Gasteiger partial charge in [0.2, 0.25) is 0 Å². The lowest BCUT2D eigenvalue weighted by molar-refractivity contribution is 0.350. The lowest BCUT2D eigenvalue weighted by atomic mass is 9.93. The summed E-state index contributed by atoms with van der Waals surface area (Å²) in [7, 11) is 0. The Morgan fingerprint density at radius 2 is 2.11 bits per heavy atom. The fourth-order valence-electron chi connectivity index (χ4n) is 1.63. The highest BCUT2D eigenvalue weighted by Crippen LogP contribution is 2.28. The first-order valence-electron chi connectivity index (χ1n) is 5.84. The second-order valence-corrected chi connectivity index (χ2v) is 4.97. The molecule has 2 aromatic rings. The lowest BCUT2D eigenvalue weighted by Crippen LogP contribution is -2.36. The Bertz CT molecular complexity index is 536. The quantitative estimate of drug-likeness (QED) is 0.939. The summed E-state index contributed by atoms with van der Waals surface area (Å²) in [4.78, 5) is 8.57. The van der Waals surface area contributed by atoms with Crippen LogP contribution in [0.1, 0.15) is 32.5 Å². The molecule has 2 rings (SSSR count). The summed E-state index contributed by atoms with van der Waals surface area (Å²) in [6, 6.07) is 3.71. The number of halogens is 1. The van der Waals surface area contributed by atoms with Crippen molar-refractivity contribution in [1.82, 2.24) is 15.1 Å². The van der Waals surface area contributed by atoms with Gasteiger partial charge in [0.15, 0.2) is 5.82 Å². The molecule has 0 aliphatic heterocycles. The fourth-order valence-corrected chi connectivity index (χ4v) is 2.06. The molecule has 6 heteroatoms. The average molecular weight is 311 g/mol. The summed E-state index contributed by atoms with van der Waals surface area (Å²) < 4.78 is 6.06. The standard InChI is InChI=1S/C12H15BrN4O/c1-3-12(14,4-2)11-16-10(18-17-11)9-8(13)6-5-7-15-9/h5-7H,3-4,14H2,1-2H3. The van der Waals surface area contributed by atoms with Crippen LogP contribution in [0.25, 0.3) is 11.6 Å². The molecule has 2 heterocycles. The number of nitrogens with two attached hydrogens (primary N) is 1. The molecule has 2 aromatic heterocycles. The highest BCUT2D eigenvalue weighted by atomic mass is 79.9. The van der Waals surface area contributed by atoms with Crippen molar-refractivity contribution in [2.75, 3.05) is 0 Å². The van der Waals surface area contributed by atoms with E-state index < -0.39 is 5.54 Å². The van der Waals surface area contributed by atoms with Crippen LogP contribution in [0, 0.1) is 0 Å². The average Bonchev–Trinajstić information content (AvgIpc) is 2.88. The highest BCUT2D eigenvalue weighted by Gasteiger charge is 2.29. The third-order valence-electron chi connectivity index (χ3n) is 3.09. The van der Waals surface area contributed by atoms with Gasteiger partial charge < -0.3 is 10.3 Å². The van der Waals surface area contributed by atoms with E-state index in [1.54, 1.807) is 6.20 Å². The van der Waals surface area contributed by atoms with E-state index in [2.05, 4.69) is 31.1 Å². The normalized spacial score (nSPS) is 11.8. The third kappa shape index (κ3) is 2.30. The van der Waals surface area contributed by atoms with Crippen LogP contribution < -0.4 is 5.73 Å². The van der Waals surface area contributed by atoms with Crippen LogP contribution in [0.4, 0.5) is 0 Å². The molecule has 0 saturated carbocycles. The summed E-state index contributed by atoms with van der Waals surface area (Å²) in [5.74, 6) is 0.911. The second-order valence-electron chi connectivity index (χ2n) is 4.12. The Kier molecular flexibility index (Phi) is 3.77. The summed E-state index contributed by atoms with van der Waals surface area (Å²) in [6.07, 6.45) is 3.19. The molecule has 18 heavy (non-hydrogen) atoms. The molecule has 0 radical (unpaired) electrons. The molecule has 0 unspecified atom stereocenters. The Balaban J connectivity index is 2.40. The maximum atomic E-state index is 6.23. The minimum Gasteiger partial charge on any atom is -0.332 e. The molecule has 0 aliphatic rings. The molecular weight excluding hydrogens is 296 g/mol.